The van der Waals surface area contributed by atoms with Gasteiger partial charge in [-0.05, 0) is 30.2 Å². The molecule has 2 fully saturated rings. The van der Waals surface area contributed by atoms with E-state index in [0.717, 1.165) is 19.4 Å². The van der Waals surface area contributed by atoms with Crippen molar-refractivity contribution >= 4 is 17.2 Å². The van der Waals surface area contributed by atoms with Crippen molar-refractivity contribution in [1.82, 2.24) is 10.2 Å². The smallest absolute Gasteiger partial charge is 0.241 e. The normalized spacial score (nSPS) is 31.2. The molecule has 1 amide bonds. The quantitative estimate of drug-likeness (QED) is 0.930. The third kappa shape index (κ3) is 2.50. The first-order valence-corrected chi connectivity index (χ1v) is 8.26. The summed E-state index contributed by atoms with van der Waals surface area (Å²) < 4.78 is 5.59. The minimum absolute atomic E-state index is 0.0154. The van der Waals surface area contributed by atoms with E-state index in [1.807, 2.05) is 11.0 Å². The van der Waals surface area contributed by atoms with Crippen molar-refractivity contribution in [3.63, 3.8) is 0 Å². The summed E-state index contributed by atoms with van der Waals surface area (Å²) in [7, 11) is 0. The molecule has 0 aromatic carbocycles. The zero-order valence-electron chi connectivity index (χ0n) is 12.0. The lowest BCUT2D eigenvalue weighted by atomic mass is 10.0. The Bertz CT molecular complexity index is 454. The van der Waals surface area contributed by atoms with Gasteiger partial charge in [0.2, 0.25) is 5.91 Å². The van der Waals surface area contributed by atoms with Crippen LogP contribution in [0, 0.1) is 5.92 Å². The Balaban J connectivity index is 1.87. The van der Waals surface area contributed by atoms with Gasteiger partial charge in [-0.3, -0.25) is 10.1 Å². The molecular weight excluding hydrogens is 272 g/mol. The molecule has 2 aliphatic heterocycles. The van der Waals surface area contributed by atoms with E-state index in [1.54, 1.807) is 11.3 Å². The van der Waals surface area contributed by atoms with Gasteiger partial charge in [-0.1, -0.05) is 19.9 Å². The molecule has 2 aliphatic rings. The second kappa shape index (κ2) is 5.84. The lowest BCUT2D eigenvalue weighted by molar-refractivity contribution is -0.135. The number of thiophene rings is 1. The Morgan fingerprint density at radius 1 is 1.50 bits per heavy atom. The average molecular weight is 294 g/mol. The second-order valence-corrected chi connectivity index (χ2v) is 6.90. The molecule has 0 aliphatic carbocycles. The maximum Gasteiger partial charge on any atom is 0.241 e. The Hall–Kier alpha value is -0.910. The van der Waals surface area contributed by atoms with E-state index in [0.29, 0.717) is 12.5 Å². The molecule has 0 saturated carbocycles. The fourth-order valence-electron chi connectivity index (χ4n) is 3.09. The van der Waals surface area contributed by atoms with Crippen molar-refractivity contribution in [1.29, 1.82) is 0 Å². The van der Waals surface area contributed by atoms with E-state index >= 15 is 0 Å². The van der Waals surface area contributed by atoms with Crippen LogP contribution in [0.15, 0.2) is 17.5 Å². The average Bonchev–Trinajstić information content (AvgIpc) is 3.06. The number of carbonyl (C=O) groups excluding carboxylic acids is 1. The van der Waals surface area contributed by atoms with Gasteiger partial charge in [0, 0.05) is 11.5 Å². The van der Waals surface area contributed by atoms with Gasteiger partial charge >= 0.3 is 0 Å². The molecule has 2 saturated heterocycles. The van der Waals surface area contributed by atoms with Crippen molar-refractivity contribution in [3.8, 4) is 0 Å². The third-order valence-corrected chi connectivity index (χ3v) is 5.07. The summed E-state index contributed by atoms with van der Waals surface area (Å²) in [5, 5.41) is 5.59. The van der Waals surface area contributed by atoms with E-state index in [2.05, 4.69) is 30.6 Å². The van der Waals surface area contributed by atoms with Gasteiger partial charge in [-0.15, -0.1) is 11.3 Å². The number of amides is 1. The molecule has 110 valence electrons. The van der Waals surface area contributed by atoms with Gasteiger partial charge in [-0.2, -0.15) is 0 Å². The maximum atomic E-state index is 12.8. The van der Waals surface area contributed by atoms with Gasteiger partial charge in [-0.25, -0.2) is 0 Å². The number of ether oxygens (including phenoxy) is 1. The summed E-state index contributed by atoms with van der Waals surface area (Å²) in [6.45, 7) is 5.69. The minimum Gasteiger partial charge on any atom is -0.379 e. The Morgan fingerprint density at radius 3 is 2.95 bits per heavy atom. The van der Waals surface area contributed by atoms with Gasteiger partial charge in [0.05, 0.1) is 18.7 Å². The van der Waals surface area contributed by atoms with Gasteiger partial charge in [0.15, 0.2) is 0 Å². The van der Waals surface area contributed by atoms with Gasteiger partial charge in [0.25, 0.3) is 0 Å². The minimum atomic E-state index is -0.0796. The van der Waals surface area contributed by atoms with Crippen LogP contribution in [0.3, 0.4) is 0 Å². The van der Waals surface area contributed by atoms with E-state index < -0.39 is 0 Å². The Labute approximate surface area is 124 Å². The largest absolute Gasteiger partial charge is 0.379 e. The number of hydrogen-bond acceptors (Lipinski definition) is 4. The van der Waals surface area contributed by atoms with Crippen LogP contribution >= 0.6 is 11.3 Å². The van der Waals surface area contributed by atoms with Crippen molar-refractivity contribution < 1.29 is 9.53 Å². The number of hydrogen-bond donors (Lipinski definition) is 1. The highest BCUT2D eigenvalue weighted by Crippen LogP contribution is 2.34. The lowest BCUT2D eigenvalue weighted by Crippen LogP contribution is -2.45. The van der Waals surface area contributed by atoms with Crippen LogP contribution in [-0.2, 0) is 9.53 Å². The molecule has 3 heterocycles. The topological polar surface area (TPSA) is 41.6 Å². The standard InChI is InChI=1S/C15H22N2O2S/c1-10(2)13-15(18)17(11-5-3-7-19-9-11)14(16-13)12-6-4-8-20-12/h4,6,8,10-11,13-14,16H,3,5,7,9H2,1-2H3. The molecule has 20 heavy (non-hydrogen) atoms. The summed E-state index contributed by atoms with van der Waals surface area (Å²) in [6, 6.07) is 4.28. The number of nitrogens with one attached hydrogen (secondary N) is 1. The number of rotatable bonds is 3. The maximum absolute atomic E-state index is 12.8. The van der Waals surface area contributed by atoms with E-state index in [9.17, 15) is 4.79 Å². The molecule has 0 radical (unpaired) electrons. The van der Waals surface area contributed by atoms with E-state index in [-0.39, 0.29) is 24.2 Å². The monoisotopic (exact) mass is 294 g/mol. The second-order valence-electron chi connectivity index (χ2n) is 5.92. The van der Waals surface area contributed by atoms with Crippen LogP contribution in [0.1, 0.15) is 37.7 Å². The van der Waals surface area contributed by atoms with Crippen molar-refractivity contribution in [2.75, 3.05) is 13.2 Å². The summed E-state index contributed by atoms with van der Waals surface area (Å²) in [5.74, 6) is 0.536. The summed E-state index contributed by atoms with van der Waals surface area (Å²) >= 11 is 1.71. The molecule has 0 spiro atoms. The molecule has 5 heteroatoms. The third-order valence-electron chi connectivity index (χ3n) is 4.15. The molecule has 3 rings (SSSR count). The summed E-state index contributed by atoms with van der Waals surface area (Å²) in [4.78, 5) is 16.0. The van der Waals surface area contributed by atoms with E-state index in [4.69, 9.17) is 4.74 Å². The zero-order chi connectivity index (χ0) is 14.1. The van der Waals surface area contributed by atoms with Gasteiger partial charge in [0.1, 0.15) is 6.17 Å². The van der Waals surface area contributed by atoms with Gasteiger partial charge < -0.3 is 9.64 Å². The molecular formula is C15H22N2O2S. The highest BCUT2D eigenvalue weighted by atomic mass is 32.1. The predicted octanol–water partition coefficient (Wildman–Crippen LogP) is 2.38. The number of nitrogens with zero attached hydrogens (tertiary/aromatic N) is 1. The van der Waals surface area contributed by atoms with Crippen LogP contribution in [0.5, 0.6) is 0 Å². The molecule has 3 atom stereocenters. The Kier molecular flexibility index (Phi) is 4.10. The SMILES string of the molecule is CC(C)C1NC(c2cccs2)N(C2CCCOC2)C1=O. The molecule has 1 N–H and O–H groups in total. The first-order chi connectivity index (χ1) is 9.68. The lowest BCUT2D eigenvalue weighted by Gasteiger charge is -2.34. The van der Waals surface area contributed by atoms with Crippen LogP contribution < -0.4 is 5.32 Å². The fourth-order valence-corrected chi connectivity index (χ4v) is 3.87. The van der Waals surface area contributed by atoms with Crippen LogP contribution in [0.25, 0.3) is 0 Å². The molecule has 1 aromatic heterocycles. The van der Waals surface area contributed by atoms with E-state index in [1.165, 1.54) is 4.88 Å². The molecule has 4 nitrogen and oxygen atoms in total. The van der Waals surface area contributed by atoms with Crippen LogP contribution in [0.4, 0.5) is 0 Å². The first-order valence-electron chi connectivity index (χ1n) is 7.38. The van der Waals surface area contributed by atoms with Crippen molar-refractivity contribution in [3.05, 3.63) is 22.4 Å². The molecule has 1 aromatic rings. The highest BCUT2D eigenvalue weighted by molar-refractivity contribution is 7.10. The summed E-state index contributed by atoms with van der Waals surface area (Å²) in [5.41, 5.74) is 0. The molecule has 0 bridgehead atoms. The van der Waals surface area contributed by atoms with Crippen LogP contribution in [0.2, 0.25) is 0 Å². The van der Waals surface area contributed by atoms with Crippen molar-refractivity contribution in [2.24, 2.45) is 5.92 Å². The highest BCUT2D eigenvalue weighted by Gasteiger charge is 2.44. The fraction of sp³-hybridized carbons (Fsp3) is 0.667. The zero-order valence-corrected chi connectivity index (χ0v) is 12.9. The predicted molar refractivity (Wildman–Crippen MR) is 79.5 cm³/mol. The van der Waals surface area contributed by atoms with Crippen molar-refractivity contribution in [2.45, 2.75) is 44.9 Å². The number of carbonyl (C=O) groups is 1. The summed E-state index contributed by atoms with van der Waals surface area (Å²) in [6.07, 6.45) is 2.10. The Morgan fingerprint density at radius 2 is 2.35 bits per heavy atom. The first kappa shape index (κ1) is 14.0. The van der Waals surface area contributed by atoms with Crippen LogP contribution in [-0.4, -0.2) is 36.1 Å². The molecule has 3 unspecified atom stereocenters.